The van der Waals surface area contributed by atoms with Crippen LogP contribution in [0.3, 0.4) is 0 Å². The third-order valence-electron chi connectivity index (χ3n) is 7.72. The van der Waals surface area contributed by atoms with Crippen LogP contribution in [-0.2, 0) is 62.4 Å². The van der Waals surface area contributed by atoms with Gasteiger partial charge in [0.05, 0.1) is 25.4 Å². The monoisotopic (exact) mass is 732 g/mol. The van der Waals surface area contributed by atoms with Gasteiger partial charge in [-0.25, -0.2) is 13.2 Å². The Hall–Kier alpha value is -0.840. The molecular formula is C23H40O20S3. The maximum atomic E-state index is 12.2. The van der Waals surface area contributed by atoms with Crippen molar-refractivity contribution in [1.29, 1.82) is 0 Å². The summed E-state index contributed by atoms with van der Waals surface area (Å²) in [5.41, 5.74) is 0. The smallest absolute Gasteiger partial charge is 0.397 e. The van der Waals surface area contributed by atoms with Crippen LogP contribution in [-0.4, -0.2) is 163 Å². The molecular weight excluding hydrogens is 692 g/mol. The predicted molar refractivity (Wildman–Crippen MR) is 150 cm³/mol. The molecule has 3 saturated heterocycles. The van der Waals surface area contributed by atoms with Crippen LogP contribution in [0.15, 0.2) is 0 Å². The zero-order valence-corrected chi connectivity index (χ0v) is 27.1. The van der Waals surface area contributed by atoms with Crippen LogP contribution in [0, 0.1) is 5.92 Å². The van der Waals surface area contributed by atoms with E-state index in [-0.39, 0.29) is 6.42 Å². The van der Waals surface area contributed by atoms with Gasteiger partial charge in [-0.05, 0) is 25.0 Å². The largest absolute Gasteiger partial charge is 0.479 e. The summed E-state index contributed by atoms with van der Waals surface area (Å²) < 4.78 is 104. The number of ether oxygens (including phenoxy) is 6. The Morgan fingerprint density at radius 2 is 1.30 bits per heavy atom. The molecule has 46 heavy (non-hydrogen) atoms. The van der Waals surface area contributed by atoms with Crippen molar-refractivity contribution in [2.75, 3.05) is 26.1 Å². The molecule has 270 valence electrons. The predicted octanol–water partition coefficient (Wildman–Crippen LogP) is -3.11. The molecule has 20 nitrogen and oxygen atoms in total. The fourth-order valence-electron chi connectivity index (χ4n) is 5.36. The van der Waals surface area contributed by atoms with Gasteiger partial charge in [0.25, 0.3) is 0 Å². The number of hydrogen-bond donors (Lipinski definition) is 8. The quantitative estimate of drug-likeness (QED) is 0.0442. The summed E-state index contributed by atoms with van der Waals surface area (Å²) in [5.74, 6) is -2.18. The van der Waals surface area contributed by atoms with E-state index in [2.05, 4.69) is 21.0 Å². The first-order valence-electron chi connectivity index (χ1n) is 14.0. The minimum absolute atomic E-state index is 0.264. The van der Waals surface area contributed by atoms with Crippen molar-refractivity contribution in [3.05, 3.63) is 0 Å². The normalized spacial score (nSPS) is 40.6. The number of carboxylic acid groups (broad SMARTS) is 1. The van der Waals surface area contributed by atoms with Crippen molar-refractivity contribution >= 4 is 39.4 Å². The van der Waals surface area contributed by atoms with E-state index in [1.54, 1.807) is 0 Å². The van der Waals surface area contributed by atoms with Gasteiger partial charge in [0.2, 0.25) is 0 Å². The van der Waals surface area contributed by atoms with Gasteiger partial charge in [-0.1, -0.05) is 6.92 Å². The number of carbonyl (C=O) groups is 1. The van der Waals surface area contributed by atoms with Crippen LogP contribution in [0.25, 0.3) is 0 Å². The van der Waals surface area contributed by atoms with Gasteiger partial charge in [-0.3, -0.25) is 9.11 Å². The summed E-state index contributed by atoms with van der Waals surface area (Å²) in [4.78, 5) is 12.2. The van der Waals surface area contributed by atoms with Gasteiger partial charge in [-0.2, -0.15) is 29.5 Å². The molecule has 7 N–H and O–H groups in total. The highest BCUT2D eigenvalue weighted by atomic mass is 32.3. The first kappa shape index (κ1) is 39.6. The molecule has 3 heterocycles. The molecule has 0 aliphatic carbocycles. The molecule has 0 amide bonds. The molecule has 0 aromatic carbocycles. The number of aliphatic hydroxyl groups is 4. The summed E-state index contributed by atoms with van der Waals surface area (Å²) in [6.07, 6.45) is -19.5. The highest BCUT2D eigenvalue weighted by molar-refractivity contribution is 7.81. The molecule has 5 unspecified atom stereocenters. The zero-order chi connectivity index (χ0) is 34.6. The number of hydrogen-bond acceptors (Lipinski definition) is 18. The van der Waals surface area contributed by atoms with Crippen molar-refractivity contribution in [1.82, 2.24) is 0 Å². The molecule has 23 heteroatoms. The van der Waals surface area contributed by atoms with Crippen molar-refractivity contribution in [2.45, 2.75) is 106 Å². The van der Waals surface area contributed by atoms with E-state index in [4.69, 9.17) is 37.5 Å². The zero-order valence-electron chi connectivity index (χ0n) is 24.5. The summed E-state index contributed by atoms with van der Waals surface area (Å²) in [6.45, 7) is -0.291. The van der Waals surface area contributed by atoms with E-state index >= 15 is 0 Å². The van der Waals surface area contributed by atoms with E-state index in [9.17, 15) is 47.2 Å². The fraction of sp³-hybridized carbons (Fsp3) is 0.957. The molecule has 14 atom stereocenters. The second-order valence-corrected chi connectivity index (χ2v) is 13.5. The molecule has 3 fully saturated rings. The number of unbranched alkanes of at least 4 members (excludes halogenated alkanes) is 1. The topological polar surface area (TPSA) is 301 Å². The van der Waals surface area contributed by atoms with Crippen molar-refractivity contribution in [3.8, 4) is 0 Å². The van der Waals surface area contributed by atoms with Crippen LogP contribution in [0.4, 0.5) is 0 Å². The average molecular weight is 733 g/mol. The van der Waals surface area contributed by atoms with Crippen molar-refractivity contribution in [3.63, 3.8) is 0 Å². The van der Waals surface area contributed by atoms with Gasteiger partial charge < -0.3 is 54.0 Å². The van der Waals surface area contributed by atoms with Crippen LogP contribution < -0.4 is 0 Å². The molecule has 0 bridgehead atoms. The van der Waals surface area contributed by atoms with Gasteiger partial charge >= 0.3 is 26.8 Å². The van der Waals surface area contributed by atoms with Crippen LogP contribution in [0.2, 0.25) is 0 Å². The highest BCUT2D eigenvalue weighted by Crippen LogP contribution is 2.35. The fourth-order valence-corrected chi connectivity index (χ4v) is 6.20. The third-order valence-corrected chi connectivity index (χ3v) is 8.90. The minimum Gasteiger partial charge on any atom is -0.479 e. The second kappa shape index (κ2) is 16.7. The third kappa shape index (κ3) is 10.3. The van der Waals surface area contributed by atoms with Gasteiger partial charge in [0.15, 0.2) is 18.7 Å². The summed E-state index contributed by atoms with van der Waals surface area (Å²) >= 11 is 4.11. The number of carboxylic acids is 1. The van der Waals surface area contributed by atoms with Crippen LogP contribution in [0.5, 0.6) is 0 Å². The summed E-state index contributed by atoms with van der Waals surface area (Å²) in [7, 11) is -8.70. The molecule has 3 aliphatic heterocycles. The van der Waals surface area contributed by atoms with E-state index in [0.717, 1.165) is 0 Å². The van der Waals surface area contributed by atoms with Crippen molar-refractivity contribution < 1.29 is 93.1 Å². The molecule has 0 saturated carbocycles. The molecule has 0 aromatic rings. The number of rotatable bonds is 16. The Morgan fingerprint density at radius 1 is 0.739 bits per heavy atom. The Balaban J connectivity index is 1.78. The van der Waals surface area contributed by atoms with Crippen LogP contribution in [0.1, 0.15) is 26.2 Å². The molecule has 3 aliphatic rings. The van der Waals surface area contributed by atoms with E-state index in [0.29, 0.717) is 18.6 Å². The minimum atomic E-state index is -4.94. The van der Waals surface area contributed by atoms with E-state index in [1.807, 2.05) is 0 Å². The first-order chi connectivity index (χ1) is 21.4. The number of thiol groups is 1. The van der Waals surface area contributed by atoms with E-state index in [1.165, 1.54) is 14.0 Å². The maximum Gasteiger partial charge on any atom is 0.397 e. The SMILES string of the molecule is CO[C@@H]1C(COS(=O)(=O)O)O[C@H](O[C@@H]2C(C(=O)O)O[C@@H](O[C@@H]3C(O)[C@H](CCCCS)O[C@@H]3COS(=O)(=O)O)C(O)[C@H]2O)C(C)[C@H]1O. The second-order valence-electron chi connectivity index (χ2n) is 10.9. The molecule has 0 radical (unpaired) electrons. The standard InChI is InChI=1S/C23H40O20S3/c1-9-13(24)17(36-2)11(7-37-45(30,31)32)40-22(9)42-19-15(26)16(27)23(43-20(19)21(28)29)41-18-12(8-38-46(33,34)35)39-10(14(18)25)5-3-4-6-44/h9-20,22-27,44H,3-8H2,1-2H3,(H,28,29)(H,30,31,32)(H,33,34,35)/t9?,10-,11?,12+,13+,14?,15+,16?,17+,18-,19-,20?,22+,23+/m0/s1. The number of methoxy groups -OCH3 is 1. The lowest BCUT2D eigenvalue weighted by atomic mass is 9.91. The summed E-state index contributed by atoms with van der Waals surface area (Å²) in [6, 6.07) is 0. The molecule has 0 aromatic heterocycles. The maximum absolute atomic E-state index is 12.2. The average Bonchev–Trinajstić information content (AvgIpc) is 3.25. The number of aliphatic hydroxyl groups excluding tert-OH is 4. The summed E-state index contributed by atoms with van der Waals surface area (Å²) in [5, 5.41) is 53.4. The lowest BCUT2D eigenvalue weighted by Crippen LogP contribution is -2.64. The number of aliphatic carboxylic acids is 1. The lowest BCUT2D eigenvalue weighted by Gasteiger charge is -2.46. The molecule has 0 spiro atoms. The molecule has 3 rings (SSSR count). The Kier molecular flexibility index (Phi) is 14.4. The van der Waals surface area contributed by atoms with Crippen LogP contribution >= 0.6 is 12.6 Å². The van der Waals surface area contributed by atoms with E-state index < -0.39 is 126 Å². The van der Waals surface area contributed by atoms with Gasteiger partial charge in [0, 0.05) is 13.0 Å². The van der Waals surface area contributed by atoms with Gasteiger partial charge in [0.1, 0.15) is 48.8 Å². The lowest BCUT2D eigenvalue weighted by molar-refractivity contribution is -0.353. The Morgan fingerprint density at radius 3 is 1.83 bits per heavy atom. The van der Waals surface area contributed by atoms with Gasteiger partial charge in [-0.15, -0.1) is 0 Å². The Labute approximate surface area is 270 Å². The Bertz CT molecular complexity index is 1200. The van der Waals surface area contributed by atoms with Crippen molar-refractivity contribution in [2.24, 2.45) is 5.92 Å². The first-order valence-corrected chi connectivity index (χ1v) is 17.3. The highest BCUT2D eigenvalue weighted by Gasteiger charge is 2.55.